The largest absolute Gasteiger partial charge is 0.454 e. The number of halogens is 6. The molecule has 0 saturated heterocycles. The third kappa shape index (κ3) is 11.3. The van der Waals surface area contributed by atoms with E-state index in [4.69, 9.17) is 10.2 Å². The molecule has 4 nitrogen and oxygen atoms in total. The lowest BCUT2D eigenvalue weighted by molar-refractivity contribution is -0.352. The molecule has 128 valence electrons. The quantitative estimate of drug-likeness (QED) is 0.773. The third-order valence-electron chi connectivity index (χ3n) is 2.03. The lowest BCUT2D eigenvalue weighted by atomic mass is 10.3. The summed E-state index contributed by atoms with van der Waals surface area (Å²) in [5.41, 5.74) is 0. The van der Waals surface area contributed by atoms with Crippen LogP contribution in [0.25, 0.3) is 0 Å². The van der Waals surface area contributed by atoms with E-state index in [1.807, 2.05) is 0 Å². The fourth-order valence-corrected chi connectivity index (χ4v) is 0.795. The third-order valence-corrected chi connectivity index (χ3v) is 2.03. The Hall–Kier alpha value is -0.580. The average molecular weight is 319 g/mol. The lowest BCUT2D eigenvalue weighted by Crippen LogP contribution is -2.47. The summed E-state index contributed by atoms with van der Waals surface area (Å²) in [6.07, 6.45) is -10.4. The monoisotopic (exact) mass is 319 g/mol. The van der Waals surface area contributed by atoms with Gasteiger partial charge in [-0.05, 0) is 19.6 Å². The molecule has 0 aromatic rings. The van der Waals surface area contributed by atoms with Gasteiger partial charge in [-0.25, -0.2) is 8.78 Å². The zero-order chi connectivity index (χ0) is 16.3. The van der Waals surface area contributed by atoms with Gasteiger partial charge in [0.05, 0.1) is 0 Å². The van der Waals surface area contributed by atoms with Gasteiger partial charge < -0.3 is 20.6 Å². The summed E-state index contributed by atoms with van der Waals surface area (Å²) in [7, 11) is 1.00. The SMILES string of the molecule is CCN(CC)CC.CO.O.OC(F)(C(F)F)C(F)(F)F. The van der Waals surface area contributed by atoms with Crippen LogP contribution in [0.4, 0.5) is 26.3 Å². The van der Waals surface area contributed by atoms with E-state index in [9.17, 15) is 26.3 Å². The van der Waals surface area contributed by atoms with E-state index >= 15 is 0 Å². The first-order valence-corrected chi connectivity index (χ1v) is 5.47. The highest BCUT2D eigenvalue weighted by Crippen LogP contribution is 2.36. The maximum Gasteiger partial charge on any atom is 0.454 e. The minimum Gasteiger partial charge on any atom is -0.412 e. The maximum absolute atomic E-state index is 11.4. The molecule has 1 unspecified atom stereocenters. The summed E-state index contributed by atoms with van der Waals surface area (Å²) in [5, 5.41) is 14.4. The first-order chi connectivity index (χ1) is 8.54. The fourth-order valence-electron chi connectivity index (χ4n) is 0.795. The molecule has 0 radical (unpaired) electrons. The van der Waals surface area contributed by atoms with E-state index in [1.54, 1.807) is 0 Å². The zero-order valence-corrected chi connectivity index (χ0v) is 11.8. The maximum atomic E-state index is 11.4. The number of alkyl halides is 6. The summed E-state index contributed by atoms with van der Waals surface area (Å²) in [5.74, 6) is -5.40. The second-order valence-corrected chi connectivity index (χ2v) is 3.09. The Morgan fingerprint density at radius 1 is 0.900 bits per heavy atom. The molecular weight excluding hydrogens is 296 g/mol. The number of hydrogen-bond acceptors (Lipinski definition) is 3. The predicted molar refractivity (Wildman–Crippen MR) is 63.3 cm³/mol. The van der Waals surface area contributed by atoms with Gasteiger partial charge in [-0.2, -0.15) is 17.6 Å². The van der Waals surface area contributed by atoms with Crippen LogP contribution in [0.15, 0.2) is 0 Å². The van der Waals surface area contributed by atoms with Crippen molar-refractivity contribution >= 4 is 0 Å². The minimum absolute atomic E-state index is 0. The van der Waals surface area contributed by atoms with E-state index in [-0.39, 0.29) is 5.48 Å². The second kappa shape index (κ2) is 13.4. The molecule has 0 rings (SSSR count). The molecule has 0 aromatic heterocycles. The summed E-state index contributed by atoms with van der Waals surface area (Å²) >= 11 is 0. The van der Waals surface area contributed by atoms with Gasteiger partial charge in [0.2, 0.25) is 0 Å². The van der Waals surface area contributed by atoms with Crippen LogP contribution in [0.2, 0.25) is 0 Å². The number of aliphatic hydroxyl groups excluding tert-OH is 1. The molecule has 0 heterocycles. The number of aliphatic hydroxyl groups is 2. The molecule has 0 amide bonds. The molecule has 20 heavy (non-hydrogen) atoms. The molecule has 4 N–H and O–H groups in total. The van der Waals surface area contributed by atoms with Crippen molar-refractivity contribution in [3.05, 3.63) is 0 Å². The van der Waals surface area contributed by atoms with Crippen LogP contribution in [0.1, 0.15) is 20.8 Å². The van der Waals surface area contributed by atoms with Gasteiger partial charge in [-0.3, -0.25) is 0 Å². The molecule has 0 fully saturated rings. The molecule has 0 aliphatic rings. The van der Waals surface area contributed by atoms with E-state index in [0.29, 0.717) is 0 Å². The van der Waals surface area contributed by atoms with Crippen LogP contribution in [-0.4, -0.2) is 65.8 Å². The molecule has 0 aromatic carbocycles. The van der Waals surface area contributed by atoms with Crippen LogP contribution in [-0.2, 0) is 0 Å². The van der Waals surface area contributed by atoms with Crippen molar-refractivity contribution in [2.45, 2.75) is 39.2 Å². The van der Waals surface area contributed by atoms with Gasteiger partial charge in [-0.15, -0.1) is 0 Å². The molecule has 0 aliphatic heterocycles. The van der Waals surface area contributed by atoms with Gasteiger partial charge >= 0.3 is 18.5 Å². The Labute approximate surface area is 114 Å². The number of nitrogens with zero attached hydrogens (tertiary/aromatic N) is 1. The van der Waals surface area contributed by atoms with E-state index in [0.717, 1.165) is 7.11 Å². The van der Waals surface area contributed by atoms with Crippen molar-refractivity contribution in [2.24, 2.45) is 0 Å². The van der Waals surface area contributed by atoms with Crippen molar-refractivity contribution in [3.63, 3.8) is 0 Å². The highest BCUT2D eigenvalue weighted by atomic mass is 19.4. The Balaban J connectivity index is -0.000000113. The van der Waals surface area contributed by atoms with Gasteiger partial charge in [-0.1, -0.05) is 20.8 Å². The van der Waals surface area contributed by atoms with Crippen molar-refractivity contribution < 1.29 is 42.0 Å². The van der Waals surface area contributed by atoms with Crippen molar-refractivity contribution in [1.82, 2.24) is 4.90 Å². The smallest absolute Gasteiger partial charge is 0.412 e. The van der Waals surface area contributed by atoms with Crippen molar-refractivity contribution in [2.75, 3.05) is 26.7 Å². The average Bonchev–Trinajstić information content (AvgIpc) is 2.33. The highest BCUT2D eigenvalue weighted by molar-refractivity contribution is 4.76. The molecule has 0 aliphatic carbocycles. The fraction of sp³-hybridized carbons (Fsp3) is 1.00. The van der Waals surface area contributed by atoms with Gasteiger partial charge in [0.15, 0.2) is 0 Å². The number of hydrogen-bond donors (Lipinski definition) is 2. The predicted octanol–water partition coefficient (Wildman–Crippen LogP) is 1.60. The zero-order valence-electron chi connectivity index (χ0n) is 11.8. The Morgan fingerprint density at radius 2 is 1.15 bits per heavy atom. The summed E-state index contributed by atoms with van der Waals surface area (Å²) in [6, 6.07) is 0. The van der Waals surface area contributed by atoms with Gasteiger partial charge in [0.1, 0.15) is 0 Å². The first-order valence-electron chi connectivity index (χ1n) is 5.47. The van der Waals surface area contributed by atoms with Crippen LogP contribution >= 0.6 is 0 Å². The van der Waals surface area contributed by atoms with Gasteiger partial charge in [0.25, 0.3) is 0 Å². The topological polar surface area (TPSA) is 75.2 Å². The van der Waals surface area contributed by atoms with E-state index < -0.39 is 18.5 Å². The summed E-state index contributed by atoms with van der Waals surface area (Å²) in [6.45, 7) is 10.1. The van der Waals surface area contributed by atoms with Crippen LogP contribution in [0.3, 0.4) is 0 Å². The second-order valence-electron chi connectivity index (χ2n) is 3.09. The van der Waals surface area contributed by atoms with E-state index in [2.05, 4.69) is 25.7 Å². The molecular formula is C10H23F6NO3. The molecule has 0 saturated carbocycles. The highest BCUT2D eigenvalue weighted by Gasteiger charge is 2.62. The van der Waals surface area contributed by atoms with Gasteiger partial charge in [0, 0.05) is 7.11 Å². The molecule has 1 atom stereocenters. The Kier molecular flexibility index (Phi) is 18.6. The van der Waals surface area contributed by atoms with E-state index in [1.165, 1.54) is 19.6 Å². The van der Waals surface area contributed by atoms with Crippen molar-refractivity contribution in [1.29, 1.82) is 0 Å². The van der Waals surface area contributed by atoms with Crippen LogP contribution < -0.4 is 0 Å². The minimum atomic E-state index is -5.94. The summed E-state index contributed by atoms with van der Waals surface area (Å²) in [4.78, 5) is 2.38. The number of rotatable bonds is 4. The molecule has 10 heteroatoms. The van der Waals surface area contributed by atoms with Crippen LogP contribution in [0, 0.1) is 0 Å². The summed E-state index contributed by atoms with van der Waals surface area (Å²) < 4.78 is 66.3. The standard InChI is InChI=1S/C6H15N.C3H2F6O.CH4O.H2O/c1-4-7(5-2)6-3;4-1(5)2(6,10)3(7,8)9;1-2;/h4-6H2,1-3H3;1,10H;2H,1H3;1H2. The van der Waals surface area contributed by atoms with Crippen LogP contribution in [0.5, 0.6) is 0 Å². The molecule has 0 spiro atoms. The van der Waals surface area contributed by atoms with Crippen molar-refractivity contribution in [3.8, 4) is 0 Å². The first kappa shape index (κ1) is 27.7. The molecule has 0 bridgehead atoms. The normalized spacial score (nSPS) is 13.5. The Morgan fingerprint density at radius 3 is 1.15 bits per heavy atom. The lowest BCUT2D eigenvalue weighted by Gasteiger charge is -2.20. The Bertz CT molecular complexity index is 192.